The molecule has 22 heteroatoms. The lowest BCUT2D eigenvalue weighted by molar-refractivity contribution is -0.0505. The first kappa shape index (κ1) is 50.0. The molecule has 0 amide bonds. The normalized spacial score (nSPS) is 13.2. The van der Waals surface area contributed by atoms with Gasteiger partial charge in [-0.2, -0.15) is 43.2 Å². The van der Waals surface area contributed by atoms with Crippen molar-refractivity contribution < 1.29 is 89.4 Å². The van der Waals surface area contributed by atoms with Gasteiger partial charge in [-0.1, -0.05) is 0 Å². The van der Waals surface area contributed by atoms with Gasteiger partial charge < -0.3 is 46.3 Å². The van der Waals surface area contributed by atoms with Crippen LogP contribution in [0.15, 0.2) is 60.7 Å². The lowest BCUT2D eigenvalue weighted by Crippen LogP contribution is -2.28. The Morgan fingerprint density at radius 1 is 0.299 bits per heavy atom. The largest absolute Gasteiger partial charge is 0.534 e. The Labute approximate surface area is 382 Å². The van der Waals surface area contributed by atoms with E-state index >= 15 is 0 Å². The Hall–Kier alpha value is -6.42. The first-order valence-corrected chi connectivity index (χ1v) is 22.5. The van der Waals surface area contributed by atoms with Crippen LogP contribution in [0, 0.1) is 0 Å². The zero-order valence-corrected chi connectivity index (χ0v) is 38.7. The first-order valence-electron chi connectivity index (χ1n) is 19.7. The number of ether oxygens (including phenoxy) is 8. The second-order valence-corrected chi connectivity index (χ2v) is 17.9. The minimum atomic E-state index is -6.31. The number of methoxy groups -OCH3 is 8. The van der Waals surface area contributed by atoms with E-state index in [9.17, 15) is 43.2 Å². The topological polar surface area (TPSA) is 161 Å². The van der Waals surface area contributed by atoms with Gasteiger partial charge in [-0.15, -0.1) is 0 Å². The summed E-state index contributed by atoms with van der Waals surface area (Å²) in [5, 5.41) is 0. The van der Waals surface area contributed by atoms with Gasteiger partial charge >= 0.3 is 31.3 Å². The molecule has 362 valence electrons. The highest BCUT2D eigenvalue weighted by molar-refractivity contribution is 7.88. The Morgan fingerprint density at radius 3 is 0.567 bits per heavy atom. The van der Waals surface area contributed by atoms with Crippen molar-refractivity contribution >= 4 is 20.2 Å². The van der Waals surface area contributed by atoms with Crippen LogP contribution < -0.4 is 46.3 Å². The molecule has 0 saturated heterocycles. The van der Waals surface area contributed by atoms with Crippen LogP contribution in [0.4, 0.5) is 26.3 Å². The zero-order chi connectivity index (χ0) is 49.2. The maximum absolute atomic E-state index is 13.9. The summed E-state index contributed by atoms with van der Waals surface area (Å²) in [5.41, 5.74) is -9.14. The molecule has 0 atom stereocenters. The van der Waals surface area contributed by atoms with E-state index in [1.807, 2.05) is 0 Å². The quantitative estimate of drug-likeness (QED) is 0.0652. The van der Waals surface area contributed by atoms with Gasteiger partial charge in [0.15, 0.2) is 0 Å². The number of alkyl halides is 6. The van der Waals surface area contributed by atoms with E-state index in [1.165, 1.54) is 69.0 Å². The van der Waals surface area contributed by atoms with Gasteiger partial charge in [-0.25, -0.2) is 0 Å². The molecule has 5 aromatic carbocycles. The van der Waals surface area contributed by atoms with Crippen molar-refractivity contribution in [2.24, 2.45) is 0 Å². The Morgan fingerprint density at radius 2 is 0.433 bits per heavy atom. The van der Waals surface area contributed by atoms with Crippen LogP contribution in [0.3, 0.4) is 0 Å². The maximum Gasteiger partial charge on any atom is 0.534 e. The highest BCUT2D eigenvalue weighted by Crippen LogP contribution is 2.44. The number of halogens is 6. The van der Waals surface area contributed by atoms with E-state index in [0.717, 1.165) is 12.1 Å². The molecule has 10 aliphatic carbocycles. The average Bonchev–Trinajstić information content (AvgIpc) is 3.27. The fourth-order valence-corrected chi connectivity index (χ4v) is 8.61. The Balaban J connectivity index is 1.69. The van der Waals surface area contributed by atoms with Crippen LogP contribution in [0.2, 0.25) is 0 Å². The SMILES string of the molecule is COc1cc2c(OC)cc1Cc1cc(OC)c(cc1OC)Cc1cc(OC)c(cc1OS(=O)(=O)C(F)(F)F)Cc1cc(OS(=O)(=O)C(F)(F)F)c(cc1OC)Cc1cc(OC)c(cc1OC)C2. The van der Waals surface area contributed by atoms with E-state index in [-0.39, 0.29) is 70.9 Å². The van der Waals surface area contributed by atoms with E-state index in [1.54, 1.807) is 36.4 Å². The van der Waals surface area contributed by atoms with Gasteiger partial charge in [0, 0.05) is 87.7 Å². The standard InChI is InChI=1S/C45H44F6O14S2/c1-56-34-14-25-10-27-17-39(61-6)29(19-37(27)59-4)13-33-21-41(63-8)31(23-43(33)65-67(54,55)45(49,50)51)11-30-22-42(64-66(52,53)44(46,47)48)32(20-40(30)62-7)12-28-18-36(58-3)26(16-38(28)60-5)9-24(34)15-35(25)57-2/h14-23H,9-13H2,1-8H3. The molecule has 5 aromatic rings. The molecule has 15 rings (SSSR count). The highest BCUT2D eigenvalue weighted by Gasteiger charge is 2.50. The predicted octanol–water partition coefficient (Wildman–Crippen LogP) is 8.48. The van der Waals surface area contributed by atoms with Crippen LogP contribution >= 0.6 is 0 Å². The van der Waals surface area contributed by atoms with Crippen molar-refractivity contribution in [1.82, 2.24) is 0 Å². The lowest BCUT2D eigenvalue weighted by Gasteiger charge is -2.21. The molecular weight excluding hydrogens is 943 g/mol. The second-order valence-electron chi connectivity index (χ2n) is 14.8. The van der Waals surface area contributed by atoms with Crippen LogP contribution in [0.1, 0.15) is 55.6 Å². The molecule has 0 fully saturated rings. The van der Waals surface area contributed by atoms with E-state index < -0.39 is 49.2 Å². The van der Waals surface area contributed by atoms with Crippen molar-refractivity contribution in [3.05, 3.63) is 116 Å². The van der Waals surface area contributed by atoms with Crippen molar-refractivity contribution in [3.63, 3.8) is 0 Å². The zero-order valence-electron chi connectivity index (χ0n) is 37.1. The summed E-state index contributed by atoms with van der Waals surface area (Å²) in [7, 11) is -1.75. The van der Waals surface area contributed by atoms with E-state index in [4.69, 9.17) is 46.3 Å². The summed E-state index contributed by atoms with van der Waals surface area (Å²) >= 11 is 0. The van der Waals surface area contributed by atoms with Crippen molar-refractivity contribution in [1.29, 1.82) is 0 Å². The Kier molecular flexibility index (Phi) is 14.5. The van der Waals surface area contributed by atoms with Crippen molar-refractivity contribution in [3.8, 4) is 57.5 Å². The van der Waals surface area contributed by atoms with Crippen LogP contribution in [0.5, 0.6) is 57.5 Å². The minimum Gasteiger partial charge on any atom is -0.496 e. The average molecular weight is 987 g/mol. The molecule has 0 heterocycles. The molecule has 0 radical (unpaired) electrons. The summed E-state index contributed by atoms with van der Waals surface area (Å²) in [6, 6.07) is 14.2. The molecule has 0 aliphatic heterocycles. The van der Waals surface area contributed by atoms with Gasteiger partial charge in [0.05, 0.1) is 56.9 Å². The summed E-state index contributed by atoms with van der Waals surface area (Å²) in [6.45, 7) is 0. The fraction of sp³-hybridized carbons (Fsp3) is 0.333. The van der Waals surface area contributed by atoms with Gasteiger partial charge in [-0.05, 0) is 60.7 Å². The highest BCUT2D eigenvalue weighted by atomic mass is 32.2. The number of benzene rings is 5. The molecule has 10 bridgehead atoms. The van der Waals surface area contributed by atoms with Crippen LogP contribution in [-0.2, 0) is 52.3 Å². The molecule has 0 spiro atoms. The summed E-state index contributed by atoms with van der Waals surface area (Å²) in [6.07, 6.45) is -0.773. The van der Waals surface area contributed by atoms with Crippen LogP contribution in [0.25, 0.3) is 0 Å². The van der Waals surface area contributed by atoms with Gasteiger partial charge in [-0.3, -0.25) is 0 Å². The van der Waals surface area contributed by atoms with E-state index in [0.29, 0.717) is 56.4 Å². The Bertz CT molecular complexity index is 2710. The van der Waals surface area contributed by atoms with Crippen molar-refractivity contribution in [2.75, 3.05) is 56.9 Å². The molecule has 0 N–H and O–H groups in total. The molecule has 10 aliphatic rings. The number of rotatable bonds is 12. The first-order chi connectivity index (χ1) is 31.5. The summed E-state index contributed by atoms with van der Waals surface area (Å²) in [4.78, 5) is 0. The number of hydrogen-bond donors (Lipinski definition) is 0. The van der Waals surface area contributed by atoms with Gasteiger partial charge in [0.25, 0.3) is 0 Å². The fourth-order valence-electron chi connectivity index (χ4n) is 7.63. The maximum atomic E-state index is 13.9. The third-order valence-corrected chi connectivity index (χ3v) is 12.8. The molecule has 0 aromatic heterocycles. The third kappa shape index (κ3) is 10.4. The second kappa shape index (κ2) is 19.4. The third-order valence-electron chi connectivity index (χ3n) is 10.8. The lowest BCUT2D eigenvalue weighted by atomic mass is 9.94. The molecule has 14 nitrogen and oxygen atoms in total. The minimum absolute atomic E-state index is 0.0576. The summed E-state index contributed by atoms with van der Waals surface area (Å²) in [5.74, 6) is 0.181. The molecule has 0 unspecified atom stereocenters. The predicted molar refractivity (Wildman–Crippen MR) is 230 cm³/mol. The van der Waals surface area contributed by atoms with E-state index in [2.05, 4.69) is 0 Å². The smallest absolute Gasteiger partial charge is 0.496 e. The van der Waals surface area contributed by atoms with Crippen LogP contribution in [-0.4, -0.2) is 84.7 Å². The molecule has 0 saturated carbocycles. The molecule has 67 heavy (non-hydrogen) atoms. The monoisotopic (exact) mass is 986 g/mol. The molecular formula is C45H44F6O14S2. The van der Waals surface area contributed by atoms with Gasteiger partial charge in [0.2, 0.25) is 0 Å². The van der Waals surface area contributed by atoms with Gasteiger partial charge in [0.1, 0.15) is 57.5 Å². The summed E-state index contributed by atoms with van der Waals surface area (Å²) < 4.78 is 189. The van der Waals surface area contributed by atoms with Crippen molar-refractivity contribution in [2.45, 2.75) is 43.1 Å². The number of hydrogen-bond acceptors (Lipinski definition) is 14.